The normalized spacial score (nSPS) is 10.9. The molecule has 0 aliphatic heterocycles. The maximum absolute atomic E-state index is 5.50. The standard InChI is InChI=1S/C17H18NO2S/c1-11-18(2)13-9-8-12(10-16(13)21-11)17-14(19-3)6-5-7-15(17)20-4/h5-10H,1-4H3/q+1. The number of aromatic nitrogens is 1. The lowest BCUT2D eigenvalue weighted by atomic mass is 10.0. The smallest absolute Gasteiger partial charge is 0.234 e. The van der Waals surface area contributed by atoms with Crippen LogP contribution in [0.5, 0.6) is 11.5 Å². The first-order valence-electron chi connectivity index (χ1n) is 6.76. The van der Waals surface area contributed by atoms with E-state index in [1.54, 1.807) is 25.6 Å². The lowest BCUT2D eigenvalue weighted by Gasteiger charge is -2.12. The number of rotatable bonds is 3. The second-order valence-electron chi connectivity index (χ2n) is 4.90. The molecule has 108 valence electrons. The molecule has 3 aromatic rings. The van der Waals surface area contributed by atoms with Crippen LogP contribution < -0.4 is 14.0 Å². The van der Waals surface area contributed by atoms with E-state index in [0.717, 1.165) is 22.6 Å². The van der Waals surface area contributed by atoms with Crippen molar-refractivity contribution in [3.63, 3.8) is 0 Å². The van der Waals surface area contributed by atoms with Crippen LogP contribution >= 0.6 is 11.3 Å². The SMILES string of the molecule is COc1cccc(OC)c1-c1ccc2c(c1)sc(C)[n+]2C. The molecule has 0 radical (unpaired) electrons. The number of ether oxygens (including phenoxy) is 2. The number of thiazole rings is 1. The van der Waals surface area contributed by atoms with Gasteiger partial charge in [-0.25, -0.2) is 0 Å². The van der Waals surface area contributed by atoms with Gasteiger partial charge in [0.2, 0.25) is 10.5 Å². The maximum Gasteiger partial charge on any atom is 0.234 e. The molecule has 0 fully saturated rings. The highest BCUT2D eigenvalue weighted by atomic mass is 32.1. The van der Waals surface area contributed by atoms with Crippen molar-refractivity contribution in [3.05, 3.63) is 41.4 Å². The Balaban J connectivity index is 2.25. The zero-order chi connectivity index (χ0) is 15.0. The number of hydrogen-bond acceptors (Lipinski definition) is 3. The first kappa shape index (κ1) is 13.9. The Hall–Kier alpha value is -2.07. The molecule has 0 amide bonds. The summed E-state index contributed by atoms with van der Waals surface area (Å²) in [5.74, 6) is 1.65. The van der Waals surface area contributed by atoms with E-state index in [1.807, 2.05) is 18.2 Å². The third-order valence-electron chi connectivity index (χ3n) is 3.77. The number of aryl methyl sites for hydroxylation is 2. The van der Waals surface area contributed by atoms with Crippen molar-refractivity contribution in [3.8, 4) is 22.6 Å². The number of fused-ring (bicyclic) bond motifs is 1. The van der Waals surface area contributed by atoms with E-state index in [1.165, 1.54) is 15.2 Å². The van der Waals surface area contributed by atoms with Crippen LogP contribution in [-0.4, -0.2) is 14.2 Å². The summed E-state index contributed by atoms with van der Waals surface area (Å²) in [7, 11) is 5.47. The Morgan fingerprint density at radius 1 is 1.00 bits per heavy atom. The molecule has 0 atom stereocenters. The van der Waals surface area contributed by atoms with Crippen molar-refractivity contribution in [2.75, 3.05) is 14.2 Å². The summed E-state index contributed by atoms with van der Waals surface area (Å²) in [4.78, 5) is 0. The summed E-state index contributed by atoms with van der Waals surface area (Å²) >= 11 is 1.80. The van der Waals surface area contributed by atoms with Gasteiger partial charge in [0, 0.05) is 13.0 Å². The van der Waals surface area contributed by atoms with Gasteiger partial charge in [0.25, 0.3) is 0 Å². The summed E-state index contributed by atoms with van der Waals surface area (Å²) in [6.45, 7) is 2.13. The van der Waals surface area contributed by atoms with E-state index in [4.69, 9.17) is 9.47 Å². The van der Waals surface area contributed by atoms with E-state index in [2.05, 4.69) is 36.7 Å². The van der Waals surface area contributed by atoms with Gasteiger partial charge in [0.1, 0.15) is 23.2 Å². The Bertz CT molecular complexity index is 786. The molecule has 0 spiro atoms. The van der Waals surface area contributed by atoms with Gasteiger partial charge in [0.15, 0.2) is 0 Å². The lowest BCUT2D eigenvalue weighted by Crippen LogP contribution is -2.28. The summed E-state index contributed by atoms with van der Waals surface area (Å²) < 4.78 is 14.5. The molecule has 1 heterocycles. The van der Waals surface area contributed by atoms with E-state index in [-0.39, 0.29) is 0 Å². The minimum atomic E-state index is 0.825. The van der Waals surface area contributed by atoms with Gasteiger partial charge in [-0.2, -0.15) is 4.57 Å². The summed E-state index contributed by atoms with van der Waals surface area (Å²) in [5.41, 5.74) is 3.35. The fourth-order valence-corrected chi connectivity index (χ4v) is 3.61. The first-order valence-corrected chi connectivity index (χ1v) is 7.58. The summed E-state index contributed by atoms with van der Waals surface area (Å²) in [6.07, 6.45) is 0. The van der Waals surface area contributed by atoms with Crippen molar-refractivity contribution in [2.45, 2.75) is 6.92 Å². The highest BCUT2D eigenvalue weighted by Crippen LogP contribution is 2.39. The Kier molecular flexibility index (Phi) is 3.55. The predicted octanol–water partition coefficient (Wildman–Crippen LogP) is 3.72. The molecule has 21 heavy (non-hydrogen) atoms. The van der Waals surface area contributed by atoms with Crippen molar-refractivity contribution < 1.29 is 14.0 Å². The molecular weight excluding hydrogens is 282 g/mol. The van der Waals surface area contributed by atoms with Crippen molar-refractivity contribution in [2.24, 2.45) is 7.05 Å². The van der Waals surface area contributed by atoms with Gasteiger partial charge < -0.3 is 9.47 Å². The minimum Gasteiger partial charge on any atom is -0.496 e. The van der Waals surface area contributed by atoms with Crippen LogP contribution in [0.2, 0.25) is 0 Å². The Morgan fingerprint density at radius 2 is 1.67 bits per heavy atom. The number of nitrogens with zero attached hydrogens (tertiary/aromatic N) is 1. The predicted molar refractivity (Wildman–Crippen MR) is 86.3 cm³/mol. The number of benzene rings is 2. The van der Waals surface area contributed by atoms with Crippen LogP contribution in [0, 0.1) is 6.92 Å². The first-order chi connectivity index (χ1) is 10.2. The van der Waals surface area contributed by atoms with Crippen LogP contribution in [0.1, 0.15) is 5.01 Å². The monoisotopic (exact) mass is 300 g/mol. The Labute approximate surface area is 128 Å². The van der Waals surface area contributed by atoms with E-state index < -0.39 is 0 Å². The van der Waals surface area contributed by atoms with Crippen LogP contribution in [-0.2, 0) is 7.05 Å². The molecule has 0 aliphatic carbocycles. The second kappa shape index (κ2) is 5.37. The molecule has 0 N–H and O–H groups in total. The van der Waals surface area contributed by atoms with E-state index in [0.29, 0.717) is 0 Å². The molecule has 0 bridgehead atoms. The third-order valence-corrected chi connectivity index (χ3v) is 4.88. The molecule has 0 aliphatic rings. The van der Waals surface area contributed by atoms with Gasteiger partial charge >= 0.3 is 0 Å². The average molecular weight is 300 g/mol. The largest absolute Gasteiger partial charge is 0.496 e. The van der Waals surface area contributed by atoms with Gasteiger partial charge in [-0.15, -0.1) is 0 Å². The van der Waals surface area contributed by atoms with Gasteiger partial charge in [0.05, 0.1) is 19.8 Å². The molecular formula is C17H18NO2S+. The van der Waals surface area contributed by atoms with Crippen molar-refractivity contribution in [1.29, 1.82) is 0 Å². The van der Waals surface area contributed by atoms with Gasteiger partial charge in [-0.3, -0.25) is 0 Å². The fraction of sp³-hybridized carbons (Fsp3) is 0.235. The van der Waals surface area contributed by atoms with E-state index >= 15 is 0 Å². The minimum absolute atomic E-state index is 0.825. The molecule has 0 saturated carbocycles. The molecule has 4 heteroatoms. The maximum atomic E-state index is 5.50. The zero-order valence-electron chi connectivity index (χ0n) is 12.6. The average Bonchev–Trinajstić information content (AvgIpc) is 2.80. The van der Waals surface area contributed by atoms with Crippen molar-refractivity contribution in [1.82, 2.24) is 0 Å². The molecule has 2 aromatic carbocycles. The third kappa shape index (κ3) is 2.25. The highest BCUT2D eigenvalue weighted by molar-refractivity contribution is 7.18. The zero-order valence-corrected chi connectivity index (χ0v) is 13.5. The topological polar surface area (TPSA) is 22.3 Å². The molecule has 3 rings (SSSR count). The van der Waals surface area contributed by atoms with Gasteiger partial charge in [-0.1, -0.05) is 17.4 Å². The van der Waals surface area contributed by atoms with Gasteiger partial charge in [-0.05, 0) is 29.8 Å². The molecule has 0 unspecified atom stereocenters. The number of hydrogen-bond donors (Lipinski definition) is 0. The Morgan fingerprint density at radius 3 is 2.29 bits per heavy atom. The molecule has 0 saturated heterocycles. The quantitative estimate of drug-likeness (QED) is 0.688. The van der Waals surface area contributed by atoms with E-state index in [9.17, 15) is 0 Å². The fourth-order valence-electron chi connectivity index (χ4n) is 2.56. The molecule has 3 nitrogen and oxygen atoms in total. The lowest BCUT2D eigenvalue weighted by molar-refractivity contribution is -0.646. The molecule has 1 aromatic heterocycles. The van der Waals surface area contributed by atoms with Crippen LogP contribution in [0.25, 0.3) is 21.3 Å². The van der Waals surface area contributed by atoms with Crippen LogP contribution in [0.4, 0.5) is 0 Å². The van der Waals surface area contributed by atoms with Crippen LogP contribution in [0.3, 0.4) is 0 Å². The second-order valence-corrected chi connectivity index (χ2v) is 6.13. The summed E-state index contributed by atoms with van der Waals surface area (Å²) in [5, 5.41) is 1.29. The van der Waals surface area contributed by atoms with Crippen LogP contribution in [0.15, 0.2) is 36.4 Å². The summed E-state index contributed by atoms with van der Waals surface area (Å²) in [6, 6.07) is 12.3. The van der Waals surface area contributed by atoms with Crippen molar-refractivity contribution >= 4 is 21.6 Å². The number of methoxy groups -OCH3 is 2. The highest BCUT2D eigenvalue weighted by Gasteiger charge is 2.17.